The summed E-state index contributed by atoms with van der Waals surface area (Å²) in [6.07, 6.45) is 0.911. The van der Waals surface area contributed by atoms with E-state index in [9.17, 15) is 4.79 Å². The van der Waals surface area contributed by atoms with Gasteiger partial charge >= 0.3 is 0 Å². The van der Waals surface area contributed by atoms with Gasteiger partial charge in [-0.15, -0.1) is 0 Å². The fourth-order valence-corrected chi connectivity index (χ4v) is 4.13. The lowest BCUT2D eigenvalue weighted by Crippen LogP contribution is -2.64. The van der Waals surface area contributed by atoms with E-state index in [1.54, 1.807) is 0 Å². The smallest absolute Gasteiger partial charge is 0.239 e. The molecule has 2 aliphatic heterocycles. The highest BCUT2D eigenvalue weighted by atomic mass is 32.2. The van der Waals surface area contributed by atoms with E-state index in [1.807, 2.05) is 11.8 Å². The number of rotatable bonds is 2. The van der Waals surface area contributed by atoms with Crippen molar-refractivity contribution in [2.45, 2.75) is 24.1 Å². The largest absolute Gasteiger partial charge is 0.368 e. The molecule has 0 saturated carbocycles. The molecule has 0 radical (unpaired) electrons. The first-order valence-corrected chi connectivity index (χ1v) is 6.60. The van der Waals surface area contributed by atoms with Gasteiger partial charge in [0.15, 0.2) is 0 Å². The number of amides is 1. The van der Waals surface area contributed by atoms with Crippen molar-refractivity contribution in [2.24, 2.45) is 5.73 Å². The number of carbonyl (C=O) groups excluding carboxylic acids is 1. The Morgan fingerprint density at radius 2 is 2.20 bits per heavy atom. The van der Waals surface area contributed by atoms with Crippen LogP contribution in [0.5, 0.6) is 0 Å². The van der Waals surface area contributed by atoms with Crippen molar-refractivity contribution < 1.29 is 4.79 Å². The fraction of sp³-hybridized carbons (Fsp3) is 0.900. The molecule has 4 nitrogen and oxygen atoms in total. The first kappa shape index (κ1) is 11.2. The molecule has 0 bridgehead atoms. The van der Waals surface area contributed by atoms with Gasteiger partial charge in [-0.1, -0.05) is 6.92 Å². The molecule has 1 amide bonds. The quantitative estimate of drug-likeness (QED) is 0.679. The zero-order valence-electron chi connectivity index (χ0n) is 9.16. The van der Waals surface area contributed by atoms with Crippen molar-refractivity contribution in [3.05, 3.63) is 0 Å². The third-order valence-electron chi connectivity index (χ3n) is 3.63. The Labute approximate surface area is 94.9 Å². The second kappa shape index (κ2) is 4.31. The summed E-state index contributed by atoms with van der Waals surface area (Å²) in [7, 11) is 0. The van der Waals surface area contributed by atoms with Gasteiger partial charge in [-0.25, -0.2) is 0 Å². The SMILES string of the molecule is CC1SCCC1(C(N)=O)N1CCNCC1. The van der Waals surface area contributed by atoms with Crippen molar-refractivity contribution in [1.29, 1.82) is 0 Å². The van der Waals surface area contributed by atoms with Gasteiger partial charge in [-0.3, -0.25) is 9.69 Å². The lowest BCUT2D eigenvalue weighted by molar-refractivity contribution is -0.130. The lowest BCUT2D eigenvalue weighted by atomic mass is 9.89. The number of nitrogens with one attached hydrogen (secondary N) is 1. The highest BCUT2D eigenvalue weighted by Gasteiger charge is 2.50. The van der Waals surface area contributed by atoms with E-state index in [2.05, 4.69) is 17.1 Å². The molecule has 2 rings (SSSR count). The van der Waals surface area contributed by atoms with Gasteiger partial charge in [0, 0.05) is 31.4 Å². The molecule has 2 fully saturated rings. The van der Waals surface area contributed by atoms with Crippen molar-refractivity contribution >= 4 is 17.7 Å². The summed E-state index contributed by atoms with van der Waals surface area (Å²) < 4.78 is 0. The molecule has 2 atom stereocenters. The molecule has 2 heterocycles. The van der Waals surface area contributed by atoms with E-state index in [0.29, 0.717) is 5.25 Å². The highest BCUT2D eigenvalue weighted by Crippen LogP contribution is 2.40. The molecule has 0 aromatic heterocycles. The van der Waals surface area contributed by atoms with E-state index in [0.717, 1.165) is 38.4 Å². The predicted octanol–water partition coefficient (Wildman–Crippen LogP) is -0.359. The number of thioether (sulfide) groups is 1. The Hall–Kier alpha value is -0.260. The Kier molecular flexibility index (Phi) is 3.23. The average Bonchev–Trinajstić information content (AvgIpc) is 2.62. The first-order chi connectivity index (χ1) is 7.18. The van der Waals surface area contributed by atoms with Crippen molar-refractivity contribution in [2.75, 3.05) is 31.9 Å². The molecular formula is C10H19N3OS. The maximum absolute atomic E-state index is 11.8. The normalized spacial score (nSPS) is 38.1. The van der Waals surface area contributed by atoms with Gasteiger partial charge < -0.3 is 11.1 Å². The van der Waals surface area contributed by atoms with Crippen LogP contribution in [0.3, 0.4) is 0 Å². The van der Waals surface area contributed by atoms with Crippen LogP contribution >= 0.6 is 11.8 Å². The van der Waals surface area contributed by atoms with Crippen LogP contribution in [0.25, 0.3) is 0 Å². The Balaban J connectivity index is 2.21. The molecule has 2 aliphatic rings. The molecule has 3 N–H and O–H groups in total. The average molecular weight is 229 g/mol. The Bertz CT molecular complexity index is 255. The standard InChI is InChI=1S/C10H19N3OS/c1-8-10(9(11)14,2-7-15-8)13-5-3-12-4-6-13/h8,12H,2-7H2,1H3,(H2,11,14). The van der Waals surface area contributed by atoms with Gasteiger partial charge in [-0.2, -0.15) is 11.8 Å². The second-order valence-electron chi connectivity index (χ2n) is 4.29. The van der Waals surface area contributed by atoms with Crippen molar-refractivity contribution in [3.63, 3.8) is 0 Å². The summed E-state index contributed by atoms with van der Waals surface area (Å²) >= 11 is 1.86. The van der Waals surface area contributed by atoms with E-state index >= 15 is 0 Å². The first-order valence-electron chi connectivity index (χ1n) is 5.55. The number of nitrogens with two attached hydrogens (primary N) is 1. The number of hydrogen-bond donors (Lipinski definition) is 2. The lowest BCUT2D eigenvalue weighted by Gasteiger charge is -2.43. The summed E-state index contributed by atoms with van der Waals surface area (Å²) in [6.45, 7) is 5.94. The zero-order chi connectivity index (χ0) is 10.9. The van der Waals surface area contributed by atoms with Gasteiger partial charge in [0.05, 0.1) is 0 Å². The minimum atomic E-state index is -0.382. The highest BCUT2D eigenvalue weighted by molar-refractivity contribution is 8.00. The van der Waals surface area contributed by atoms with Gasteiger partial charge in [0.2, 0.25) is 5.91 Å². The van der Waals surface area contributed by atoms with Crippen LogP contribution < -0.4 is 11.1 Å². The van der Waals surface area contributed by atoms with Gasteiger partial charge in [0.25, 0.3) is 0 Å². The summed E-state index contributed by atoms with van der Waals surface area (Å²) in [5.74, 6) is 0.913. The number of carbonyl (C=O) groups is 1. The van der Waals surface area contributed by atoms with Crippen molar-refractivity contribution in [3.8, 4) is 0 Å². The second-order valence-corrected chi connectivity index (χ2v) is 5.74. The van der Waals surface area contributed by atoms with Crippen LogP contribution in [0.15, 0.2) is 0 Å². The number of piperazine rings is 1. The van der Waals surface area contributed by atoms with Gasteiger partial charge in [-0.05, 0) is 12.2 Å². The molecule has 86 valence electrons. The van der Waals surface area contributed by atoms with E-state index in [-0.39, 0.29) is 11.4 Å². The van der Waals surface area contributed by atoms with Crippen molar-refractivity contribution in [1.82, 2.24) is 10.2 Å². The summed E-state index contributed by atoms with van der Waals surface area (Å²) in [5.41, 5.74) is 5.26. The molecule has 2 unspecified atom stereocenters. The Morgan fingerprint density at radius 1 is 1.53 bits per heavy atom. The molecule has 0 aromatic carbocycles. The number of hydrogen-bond acceptors (Lipinski definition) is 4. The predicted molar refractivity (Wildman–Crippen MR) is 62.9 cm³/mol. The Morgan fingerprint density at radius 3 is 2.67 bits per heavy atom. The number of primary amides is 1. The van der Waals surface area contributed by atoms with E-state index in [4.69, 9.17) is 5.73 Å². The van der Waals surface area contributed by atoms with Crippen LogP contribution in [0.1, 0.15) is 13.3 Å². The molecule has 0 aliphatic carbocycles. The topological polar surface area (TPSA) is 58.4 Å². The number of nitrogens with zero attached hydrogens (tertiary/aromatic N) is 1. The van der Waals surface area contributed by atoms with Crippen LogP contribution in [0, 0.1) is 0 Å². The molecule has 15 heavy (non-hydrogen) atoms. The summed E-state index contributed by atoms with van der Waals surface area (Å²) in [6, 6.07) is 0. The third-order valence-corrected chi connectivity index (χ3v) is 4.96. The summed E-state index contributed by atoms with van der Waals surface area (Å²) in [5, 5.41) is 3.64. The van der Waals surface area contributed by atoms with E-state index < -0.39 is 0 Å². The molecular weight excluding hydrogens is 210 g/mol. The van der Waals surface area contributed by atoms with Crippen LogP contribution in [0.2, 0.25) is 0 Å². The third kappa shape index (κ3) is 1.77. The van der Waals surface area contributed by atoms with Gasteiger partial charge in [0.1, 0.15) is 5.54 Å². The maximum atomic E-state index is 11.8. The monoisotopic (exact) mass is 229 g/mol. The molecule has 0 aromatic rings. The molecule has 2 saturated heterocycles. The molecule has 5 heteroatoms. The fourth-order valence-electron chi connectivity index (χ4n) is 2.69. The van der Waals surface area contributed by atoms with Crippen LogP contribution in [-0.2, 0) is 4.79 Å². The minimum absolute atomic E-state index is 0.137. The zero-order valence-corrected chi connectivity index (χ0v) is 9.98. The van der Waals surface area contributed by atoms with Crippen LogP contribution in [0.4, 0.5) is 0 Å². The van der Waals surface area contributed by atoms with E-state index in [1.165, 1.54) is 0 Å². The maximum Gasteiger partial charge on any atom is 0.239 e. The summed E-state index contributed by atoms with van der Waals surface area (Å²) in [4.78, 5) is 14.1. The minimum Gasteiger partial charge on any atom is -0.368 e. The molecule has 0 spiro atoms. The van der Waals surface area contributed by atoms with Crippen LogP contribution in [-0.4, -0.2) is 53.5 Å².